The molecule has 0 radical (unpaired) electrons. The third kappa shape index (κ3) is 8.01. The quantitative estimate of drug-likeness (QED) is 0.300. The predicted octanol–water partition coefficient (Wildman–Crippen LogP) is 3.63. The van der Waals surface area contributed by atoms with Crippen LogP contribution in [0.2, 0.25) is 0 Å². The smallest absolute Gasteiger partial charge is 0.191 e. The highest BCUT2D eigenvalue weighted by Gasteiger charge is 2.14. The van der Waals surface area contributed by atoms with Gasteiger partial charge in [-0.1, -0.05) is 42.7 Å². The fourth-order valence-electron chi connectivity index (χ4n) is 2.70. The van der Waals surface area contributed by atoms with Crippen LogP contribution in [0.5, 0.6) is 0 Å². The number of guanidine groups is 1. The van der Waals surface area contributed by atoms with Crippen molar-refractivity contribution in [1.82, 2.24) is 10.6 Å². The highest BCUT2D eigenvalue weighted by molar-refractivity contribution is 14.0. The fraction of sp³-hybridized carbons (Fsp3) is 0.611. The lowest BCUT2D eigenvalue weighted by Gasteiger charge is -2.13. The molecule has 130 valence electrons. The minimum absolute atomic E-state index is 0. The van der Waals surface area contributed by atoms with E-state index in [-0.39, 0.29) is 24.0 Å². The lowest BCUT2D eigenvalue weighted by Crippen LogP contribution is -2.37. The van der Waals surface area contributed by atoms with Gasteiger partial charge in [0.1, 0.15) is 0 Å². The van der Waals surface area contributed by atoms with E-state index in [2.05, 4.69) is 46.8 Å². The summed E-state index contributed by atoms with van der Waals surface area (Å²) in [5.74, 6) is 0.849. The monoisotopic (exact) mass is 431 g/mol. The standard InChI is InChI=1S/C18H29N3O.HI/c1-15-8-10-16(11-9-15)14-21-18(19-2)20-12-5-13-22-17-6-3-4-7-17;/h8-11,17H,3-7,12-14H2,1-2H3,(H2,19,20,21);1H. The summed E-state index contributed by atoms with van der Waals surface area (Å²) in [6.45, 7) is 4.62. The van der Waals surface area contributed by atoms with Crippen molar-refractivity contribution >= 4 is 29.9 Å². The maximum absolute atomic E-state index is 5.86. The number of rotatable bonds is 7. The molecule has 0 heterocycles. The Morgan fingerprint density at radius 2 is 1.87 bits per heavy atom. The number of aryl methyl sites for hydroxylation is 1. The van der Waals surface area contributed by atoms with Crippen molar-refractivity contribution in [2.75, 3.05) is 20.2 Å². The van der Waals surface area contributed by atoms with E-state index in [0.29, 0.717) is 6.10 Å². The van der Waals surface area contributed by atoms with Gasteiger partial charge in [0, 0.05) is 26.7 Å². The summed E-state index contributed by atoms with van der Waals surface area (Å²) >= 11 is 0. The van der Waals surface area contributed by atoms with E-state index in [1.807, 2.05) is 0 Å². The van der Waals surface area contributed by atoms with E-state index < -0.39 is 0 Å². The average molecular weight is 431 g/mol. The maximum atomic E-state index is 5.86. The lowest BCUT2D eigenvalue weighted by molar-refractivity contribution is 0.0574. The van der Waals surface area contributed by atoms with Crippen LogP contribution in [-0.4, -0.2) is 32.3 Å². The van der Waals surface area contributed by atoms with Gasteiger partial charge in [0.15, 0.2) is 5.96 Å². The van der Waals surface area contributed by atoms with Gasteiger partial charge in [-0.05, 0) is 31.7 Å². The minimum Gasteiger partial charge on any atom is -0.378 e. The van der Waals surface area contributed by atoms with Crippen molar-refractivity contribution < 1.29 is 4.74 Å². The van der Waals surface area contributed by atoms with Gasteiger partial charge in [-0.25, -0.2) is 0 Å². The third-order valence-electron chi connectivity index (χ3n) is 4.07. The van der Waals surface area contributed by atoms with Gasteiger partial charge in [0.25, 0.3) is 0 Å². The summed E-state index contributed by atoms with van der Waals surface area (Å²) < 4.78 is 5.86. The van der Waals surface area contributed by atoms with Crippen LogP contribution in [-0.2, 0) is 11.3 Å². The first-order chi connectivity index (χ1) is 10.8. The van der Waals surface area contributed by atoms with E-state index in [1.54, 1.807) is 7.05 Å². The number of nitrogens with one attached hydrogen (secondary N) is 2. The normalized spacial score (nSPS) is 15.3. The molecule has 1 aliphatic rings. The van der Waals surface area contributed by atoms with E-state index in [1.165, 1.54) is 36.8 Å². The number of ether oxygens (including phenoxy) is 1. The van der Waals surface area contributed by atoms with E-state index >= 15 is 0 Å². The zero-order valence-electron chi connectivity index (χ0n) is 14.3. The molecule has 0 unspecified atom stereocenters. The van der Waals surface area contributed by atoms with Crippen molar-refractivity contribution in [1.29, 1.82) is 0 Å². The molecule has 0 saturated heterocycles. The van der Waals surface area contributed by atoms with E-state index in [9.17, 15) is 0 Å². The molecule has 0 atom stereocenters. The van der Waals surface area contributed by atoms with Gasteiger partial charge < -0.3 is 15.4 Å². The van der Waals surface area contributed by atoms with Crippen LogP contribution in [0, 0.1) is 6.92 Å². The van der Waals surface area contributed by atoms with Crippen LogP contribution in [0.1, 0.15) is 43.2 Å². The van der Waals surface area contributed by atoms with Crippen LogP contribution in [0.15, 0.2) is 29.3 Å². The van der Waals surface area contributed by atoms with Crippen LogP contribution in [0.3, 0.4) is 0 Å². The van der Waals surface area contributed by atoms with Crippen LogP contribution in [0.25, 0.3) is 0 Å². The second kappa shape index (κ2) is 11.7. The number of nitrogens with zero attached hydrogens (tertiary/aromatic N) is 1. The number of hydrogen-bond acceptors (Lipinski definition) is 2. The maximum Gasteiger partial charge on any atom is 0.191 e. The van der Waals surface area contributed by atoms with Crippen molar-refractivity contribution in [3.05, 3.63) is 35.4 Å². The molecule has 2 rings (SSSR count). The Bertz CT molecular complexity index is 456. The summed E-state index contributed by atoms with van der Waals surface area (Å²) in [4.78, 5) is 4.25. The van der Waals surface area contributed by atoms with Crippen molar-refractivity contribution in [2.45, 2.75) is 51.7 Å². The molecule has 0 spiro atoms. The number of halogens is 1. The molecular weight excluding hydrogens is 401 g/mol. The fourth-order valence-corrected chi connectivity index (χ4v) is 2.70. The summed E-state index contributed by atoms with van der Waals surface area (Å²) in [6.07, 6.45) is 6.68. The SMILES string of the molecule is CN=C(NCCCOC1CCCC1)NCc1ccc(C)cc1.I. The minimum atomic E-state index is 0. The first kappa shape index (κ1) is 20.2. The molecular formula is C18H30IN3O. The molecule has 1 aromatic carbocycles. The molecule has 5 heteroatoms. The van der Waals surface area contributed by atoms with Gasteiger partial charge in [-0.3, -0.25) is 4.99 Å². The zero-order valence-corrected chi connectivity index (χ0v) is 16.6. The van der Waals surface area contributed by atoms with Crippen molar-refractivity contribution in [2.24, 2.45) is 4.99 Å². The number of hydrogen-bond donors (Lipinski definition) is 2. The van der Waals surface area contributed by atoms with E-state index in [0.717, 1.165) is 32.1 Å². The predicted molar refractivity (Wildman–Crippen MR) is 108 cm³/mol. The van der Waals surface area contributed by atoms with Gasteiger partial charge in [-0.2, -0.15) is 0 Å². The highest BCUT2D eigenvalue weighted by Crippen LogP contribution is 2.20. The Hall–Kier alpha value is -0.820. The Labute approximate surface area is 157 Å². The second-order valence-electron chi connectivity index (χ2n) is 5.97. The molecule has 0 aliphatic heterocycles. The van der Waals surface area contributed by atoms with Crippen LogP contribution in [0.4, 0.5) is 0 Å². The van der Waals surface area contributed by atoms with Crippen LogP contribution < -0.4 is 10.6 Å². The third-order valence-corrected chi connectivity index (χ3v) is 4.07. The van der Waals surface area contributed by atoms with Gasteiger partial charge in [0.05, 0.1) is 6.10 Å². The Morgan fingerprint density at radius 1 is 1.17 bits per heavy atom. The molecule has 1 saturated carbocycles. The van der Waals surface area contributed by atoms with Crippen molar-refractivity contribution in [3.8, 4) is 0 Å². The average Bonchev–Trinajstić information content (AvgIpc) is 3.05. The summed E-state index contributed by atoms with van der Waals surface area (Å²) in [6, 6.07) is 8.55. The largest absolute Gasteiger partial charge is 0.378 e. The van der Waals surface area contributed by atoms with Gasteiger partial charge >= 0.3 is 0 Å². The summed E-state index contributed by atoms with van der Waals surface area (Å²) in [5, 5.41) is 6.67. The molecule has 0 amide bonds. The number of aliphatic imine (C=N–C) groups is 1. The van der Waals surface area contributed by atoms with Crippen LogP contribution >= 0.6 is 24.0 Å². The topological polar surface area (TPSA) is 45.7 Å². The number of benzene rings is 1. The molecule has 0 bridgehead atoms. The first-order valence-electron chi connectivity index (χ1n) is 8.39. The van der Waals surface area contributed by atoms with Gasteiger partial charge in [-0.15, -0.1) is 24.0 Å². The first-order valence-corrected chi connectivity index (χ1v) is 8.39. The molecule has 1 fully saturated rings. The molecule has 4 nitrogen and oxygen atoms in total. The lowest BCUT2D eigenvalue weighted by atomic mass is 10.1. The Kier molecular flexibility index (Phi) is 10.3. The Morgan fingerprint density at radius 3 is 2.52 bits per heavy atom. The highest BCUT2D eigenvalue weighted by atomic mass is 127. The molecule has 23 heavy (non-hydrogen) atoms. The van der Waals surface area contributed by atoms with E-state index in [4.69, 9.17) is 4.74 Å². The zero-order chi connectivity index (χ0) is 15.6. The van der Waals surface area contributed by atoms with Crippen molar-refractivity contribution in [3.63, 3.8) is 0 Å². The molecule has 1 aliphatic carbocycles. The molecule has 1 aromatic rings. The Balaban J connectivity index is 0.00000264. The summed E-state index contributed by atoms with van der Waals surface area (Å²) in [7, 11) is 1.81. The van der Waals surface area contributed by atoms with Gasteiger partial charge in [0.2, 0.25) is 0 Å². The molecule has 0 aromatic heterocycles. The second-order valence-corrected chi connectivity index (χ2v) is 5.97. The summed E-state index contributed by atoms with van der Waals surface area (Å²) in [5.41, 5.74) is 2.55. The molecule has 2 N–H and O–H groups in total.